The lowest BCUT2D eigenvalue weighted by molar-refractivity contribution is 0.0848. The number of likely N-dealkylation sites (N-methyl/N-ethyl adjacent to an activating group) is 1. The number of carboxylic acid groups (broad SMARTS) is 1. The number of piperazine rings is 1. The predicted molar refractivity (Wildman–Crippen MR) is 125 cm³/mol. The van der Waals surface area contributed by atoms with Gasteiger partial charge in [-0.15, -0.1) is 0 Å². The Morgan fingerprint density at radius 3 is 2.65 bits per heavy atom. The summed E-state index contributed by atoms with van der Waals surface area (Å²) in [6, 6.07) is 4.80. The zero-order chi connectivity index (χ0) is 24.1. The van der Waals surface area contributed by atoms with Crippen LogP contribution >= 0.6 is 0 Å². The van der Waals surface area contributed by atoms with Gasteiger partial charge in [-0.1, -0.05) is 0 Å². The molecule has 5 rings (SSSR count). The topological polar surface area (TPSA) is 114 Å². The Bertz CT molecular complexity index is 1380. The van der Waals surface area contributed by atoms with Gasteiger partial charge in [0.15, 0.2) is 0 Å². The first-order chi connectivity index (χ1) is 16.2. The van der Waals surface area contributed by atoms with Crippen LogP contribution in [-0.2, 0) is 24.4 Å². The third kappa shape index (κ3) is 3.78. The van der Waals surface area contributed by atoms with E-state index < -0.39 is 12.0 Å². The van der Waals surface area contributed by atoms with Gasteiger partial charge in [0.1, 0.15) is 12.4 Å². The fraction of sp³-hybridized carbons (Fsp3) is 0.375. The average Bonchev–Trinajstić information content (AvgIpc) is 3.14. The van der Waals surface area contributed by atoms with Gasteiger partial charge >= 0.3 is 6.16 Å². The fourth-order valence-corrected chi connectivity index (χ4v) is 4.83. The number of ether oxygens (including phenoxy) is 1. The van der Waals surface area contributed by atoms with Crippen molar-refractivity contribution in [3.63, 3.8) is 0 Å². The van der Waals surface area contributed by atoms with Crippen molar-refractivity contribution in [2.45, 2.75) is 26.6 Å². The lowest BCUT2D eigenvalue weighted by atomic mass is 9.99. The third-order valence-corrected chi connectivity index (χ3v) is 6.82. The minimum Gasteiger partial charge on any atom is -0.450 e. The number of carbonyl (C=O) groups is 1. The second-order valence-electron chi connectivity index (χ2n) is 9.02. The maximum absolute atomic E-state index is 14.4. The van der Waals surface area contributed by atoms with Gasteiger partial charge in [0.2, 0.25) is 0 Å². The van der Waals surface area contributed by atoms with Crippen molar-refractivity contribution in [2.75, 3.05) is 39.0 Å². The van der Waals surface area contributed by atoms with Crippen LogP contribution in [0.1, 0.15) is 22.3 Å². The van der Waals surface area contributed by atoms with E-state index in [1.807, 2.05) is 6.07 Å². The highest BCUT2D eigenvalue weighted by Gasteiger charge is 2.29. The van der Waals surface area contributed by atoms with Crippen molar-refractivity contribution in [1.29, 1.82) is 0 Å². The van der Waals surface area contributed by atoms with Crippen LogP contribution in [0.2, 0.25) is 0 Å². The second-order valence-corrected chi connectivity index (χ2v) is 9.02. The van der Waals surface area contributed by atoms with Gasteiger partial charge in [-0.05, 0) is 37.2 Å². The molecule has 0 atom stereocenters. The van der Waals surface area contributed by atoms with E-state index in [0.29, 0.717) is 41.1 Å². The minimum absolute atomic E-state index is 0.0607. The normalized spacial score (nSPS) is 16.0. The molecule has 34 heavy (non-hydrogen) atoms. The van der Waals surface area contributed by atoms with E-state index >= 15 is 0 Å². The van der Waals surface area contributed by atoms with Gasteiger partial charge in [0, 0.05) is 49.7 Å². The average molecular weight is 468 g/mol. The standard InChI is InChI=1S/C24H26FN5O4/c1-13-7-21-22-16(11-30(21)23(31)17(13)12-34-24(32)33)15(10-29-5-3-28(2)4-6-29)14-8-19(26)18(25)9-20(14)27-22/h7-9H,3-6,10-12,26H2,1-2H3,(H,32,33). The largest absolute Gasteiger partial charge is 0.506 e. The summed E-state index contributed by atoms with van der Waals surface area (Å²) in [5, 5.41) is 9.65. The van der Waals surface area contributed by atoms with E-state index in [-0.39, 0.29) is 17.9 Å². The second kappa shape index (κ2) is 8.37. The summed E-state index contributed by atoms with van der Waals surface area (Å²) in [7, 11) is 2.09. The summed E-state index contributed by atoms with van der Waals surface area (Å²) in [5.41, 5.74) is 10.2. The summed E-state index contributed by atoms with van der Waals surface area (Å²) < 4.78 is 20.6. The number of halogens is 1. The highest BCUT2D eigenvalue weighted by atomic mass is 19.1. The van der Waals surface area contributed by atoms with Crippen molar-refractivity contribution >= 4 is 22.7 Å². The fourth-order valence-electron chi connectivity index (χ4n) is 4.83. The summed E-state index contributed by atoms with van der Waals surface area (Å²) in [5.74, 6) is -0.529. The molecule has 0 spiro atoms. The summed E-state index contributed by atoms with van der Waals surface area (Å²) in [6.45, 7) is 6.06. The number of nitrogens with two attached hydrogens (primary N) is 1. The summed E-state index contributed by atoms with van der Waals surface area (Å²) in [4.78, 5) is 33.5. The zero-order valence-corrected chi connectivity index (χ0v) is 19.1. The number of hydrogen-bond acceptors (Lipinski definition) is 7. The predicted octanol–water partition coefficient (Wildman–Crippen LogP) is 2.40. The van der Waals surface area contributed by atoms with Gasteiger partial charge in [-0.2, -0.15) is 0 Å². The first kappa shape index (κ1) is 22.3. The lowest BCUT2D eigenvalue weighted by Gasteiger charge is -2.33. The van der Waals surface area contributed by atoms with E-state index in [1.54, 1.807) is 17.6 Å². The monoisotopic (exact) mass is 467 g/mol. The molecule has 0 saturated carbocycles. The molecular weight excluding hydrogens is 441 g/mol. The van der Waals surface area contributed by atoms with Crippen LogP contribution in [0.15, 0.2) is 23.0 Å². The molecule has 4 heterocycles. The molecule has 3 aromatic rings. The molecule has 0 amide bonds. The van der Waals surface area contributed by atoms with E-state index in [9.17, 15) is 14.0 Å². The van der Waals surface area contributed by atoms with Gasteiger partial charge < -0.3 is 25.0 Å². The Morgan fingerprint density at radius 1 is 1.21 bits per heavy atom. The number of pyridine rings is 2. The molecule has 0 bridgehead atoms. The first-order valence-corrected chi connectivity index (χ1v) is 11.1. The molecule has 1 fully saturated rings. The van der Waals surface area contributed by atoms with E-state index in [0.717, 1.165) is 42.7 Å². The molecule has 9 nitrogen and oxygen atoms in total. The number of benzene rings is 1. The molecule has 0 aliphatic carbocycles. The Hall–Kier alpha value is -3.50. The first-order valence-electron chi connectivity index (χ1n) is 11.1. The van der Waals surface area contributed by atoms with Crippen molar-refractivity contribution in [3.8, 4) is 11.4 Å². The van der Waals surface area contributed by atoms with Gasteiger partial charge in [0.25, 0.3) is 5.56 Å². The number of aromatic nitrogens is 2. The van der Waals surface area contributed by atoms with Crippen molar-refractivity contribution in [2.24, 2.45) is 0 Å². The lowest BCUT2D eigenvalue weighted by Crippen LogP contribution is -2.44. The number of aryl methyl sites for hydroxylation is 1. The van der Waals surface area contributed by atoms with Crippen molar-refractivity contribution < 1.29 is 19.0 Å². The van der Waals surface area contributed by atoms with E-state index in [4.69, 9.17) is 15.8 Å². The summed E-state index contributed by atoms with van der Waals surface area (Å²) in [6.07, 6.45) is -1.44. The highest BCUT2D eigenvalue weighted by molar-refractivity contribution is 5.90. The molecule has 2 aliphatic rings. The Labute approximate surface area is 195 Å². The molecule has 1 saturated heterocycles. The van der Waals surface area contributed by atoms with Crippen LogP contribution in [0.5, 0.6) is 0 Å². The maximum Gasteiger partial charge on any atom is 0.506 e. The number of anilines is 1. The smallest absolute Gasteiger partial charge is 0.450 e. The van der Waals surface area contributed by atoms with Crippen LogP contribution in [0.3, 0.4) is 0 Å². The van der Waals surface area contributed by atoms with Crippen LogP contribution in [0.25, 0.3) is 22.3 Å². The van der Waals surface area contributed by atoms with Gasteiger partial charge in [0.05, 0.1) is 34.7 Å². The Balaban J connectivity index is 1.66. The molecule has 2 aromatic heterocycles. The molecule has 2 aliphatic heterocycles. The van der Waals surface area contributed by atoms with Crippen LogP contribution < -0.4 is 11.3 Å². The summed E-state index contributed by atoms with van der Waals surface area (Å²) >= 11 is 0. The third-order valence-electron chi connectivity index (χ3n) is 6.82. The Kier molecular flexibility index (Phi) is 5.49. The molecule has 10 heteroatoms. The SMILES string of the molecule is Cc1cc2n(c(=O)c1COC(=O)O)Cc1c-2nc2cc(F)c(N)cc2c1CN1CCN(C)CC1. The molecule has 0 unspecified atom stereocenters. The highest BCUT2D eigenvalue weighted by Crippen LogP contribution is 2.37. The number of hydrogen-bond donors (Lipinski definition) is 2. The quantitative estimate of drug-likeness (QED) is 0.347. The minimum atomic E-state index is -1.44. The van der Waals surface area contributed by atoms with Crippen molar-refractivity contribution in [1.82, 2.24) is 19.4 Å². The van der Waals surface area contributed by atoms with E-state index in [1.165, 1.54) is 6.07 Å². The zero-order valence-electron chi connectivity index (χ0n) is 19.1. The number of fused-ring (bicyclic) bond motifs is 4. The van der Waals surface area contributed by atoms with Crippen molar-refractivity contribution in [3.05, 3.63) is 56.6 Å². The van der Waals surface area contributed by atoms with Gasteiger partial charge in [-0.3, -0.25) is 9.69 Å². The molecular formula is C24H26FN5O4. The molecule has 0 radical (unpaired) electrons. The van der Waals surface area contributed by atoms with Crippen LogP contribution in [0, 0.1) is 12.7 Å². The molecule has 3 N–H and O–H groups in total. The van der Waals surface area contributed by atoms with Crippen LogP contribution in [-0.4, -0.2) is 63.8 Å². The van der Waals surface area contributed by atoms with Crippen LogP contribution in [0.4, 0.5) is 14.9 Å². The number of rotatable bonds is 4. The Morgan fingerprint density at radius 2 is 1.94 bits per heavy atom. The number of nitrogens with zero attached hydrogens (tertiary/aromatic N) is 4. The van der Waals surface area contributed by atoms with Gasteiger partial charge in [-0.25, -0.2) is 14.2 Å². The number of nitrogen functional groups attached to an aromatic ring is 1. The molecule has 1 aromatic carbocycles. The molecule has 178 valence electrons. The maximum atomic E-state index is 14.4. The van der Waals surface area contributed by atoms with E-state index in [2.05, 4.69) is 21.6 Å².